The van der Waals surface area contributed by atoms with Crippen molar-refractivity contribution in [2.24, 2.45) is 0 Å². The van der Waals surface area contributed by atoms with Gasteiger partial charge in [-0.05, 0) is 42.8 Å². The van der Waals surface area contributed by atoms with Gasteiger partial charge in [-0.2, -0.15) is 18.3 Å². The first-order valence-electron chi connectivity index (χ1n) is 10.3. The van der Waals surface area contributed by atoms with Gasteiger partial charge in [0.25, 0.3) is 11.5 Å². The van der Waals surface area contributed by atoms with Crippen molar-refractivity contribution in [2.75, 3.05) is 26.8 Å². The second-order valence-electron chi connectivity index (χ2n) is 7.82. The smallest absolute Gasteiger partial charge is 0.422 e. The van der Waals surface area contributed by atoms with Gasteiger partial charge < -0.3 is 14.4 Å². The number of carbonyl (C=O) groups excluding carboxylic acids is 1. The van der Waals surface area contributed by atoms with E-state index in [0.717, 1.165) is 5.56 Å². The highest BCUT2D eigenvalue weighted by Gasteiger charge is 2.36. The third kappa shape index (κ3) is 4.87. The molecule has 0 spiro atoms. The molecule has 34 heavy (non-hydrogen) atoms. The molecule has 11 heteroatoms. The number of alkyl halides is 3. The molecule has 1 aliphatic heterocycles. The van der Waals surface area contributed by atoms with Crippen molar-refractivity contribution >= 4 is 5.91 Å². The van der Waals surface area contributed by atoms with Crippen molar-refractivity contribution in [1.82, 2.24) is 19.7 Å². The van der Waals surface area contributed by atoms with Crippen LogP contribution in [-0.2, 0) is 0 Å². The number of nitrogens with zero attached hydrogens (tertiary/aromatic N) is 4. The Balaban J connectivity index is 1.51. The van der Waals surface area contributed by atoms with Crippen LogP contribution in [0.2, 0.25) is 0 Å². The summed E-state index contributed by atoms with van der Waals surface area (Å²) < 4.78 is 49.1. The van der Waals surface area contributed by atoms with Crippen molar-refractivity contribution in [3.63, 3.8) is 0 Å². The van der Waals surface area contributed by atoms with Crippen molar-refractivity contribution in [1.29, 1.82) is 0 Å². The Bertz CT molecular complexity index is 1270. The molecule has 4 rings (SSSR count). The standard InChI is InChI=1S/C23H21F3N4O4/c1-14-5-6-16(19(10-14)33-2)17-7-8-20(31)30(28-17)15-11-29(12-15)22(32)21-18(4-3-9-27-21)34-13-23(24,25)26/h3-10,15H,11-13H2,1-2H3. The normalized spacial score (nSPS) is 14.0. The Kier molecular flexibility index (Phi) is 6.27. The number of benzene rings is 1. The summed E-state index contributed by atoms with van der Waals surface area (Å²) in [6, 6.07) is 10.9. The van der Waals surface area contributed by atoms with Gasteiger partial charge >= 0.3 is 6.18 Å². The number of ether oxygens (including phenoxy) is 2. The highest BCUT2D eigenvalue weighted by atomic mass is 19.4. The second-order valence-corrected chi connectivity index (χ2v) is 7.82. The average molecular weight is 474 g/mol. The third-order valence-corrected chi connectivity index (χ3v) is 5.32. The molecule has 0 N–H and O–H groups in total. The lowest BCUT2D eigenvalue weighted by molar-refractivity contribution is -0.153. The van der Waals surface area contributed by atoms with E-state index in [1.54, 1.807) is 13.2 Å². The van der Waals surface area contributed by atoms with E-state index in [4.69, 9.17) is 9.47 Å². The van der Waals surface area contributed by atoms with Gasteiger partial charge in [-0.15, -0.1) is 0 Å². The predicted molar refractivity (Wildman–Crippen MR) is 116 cm³/mol. The first-order chi connectivity index (χ1) is 16.2. The number of hydrogen-bond acceptors (Lipinski definition) is 6. The summed E-state index contributed by atoms with van der Waals surface area (Å²) in [6.07, 6.45) is -3.24. The molecule has 0 radical (unpaired) electrons. The van der Waals surface area contributed by atoms with Gasteiger partial charge in [-0.25, -0.2) is 9.67 Å². The number of amides is 1. The minimum Gasteiger partial charge on any atom is -0.496 e. The fraction of sp³-hybridized carbons (Fsp3) is 0.304. The Morgan fingerprint density at radius 3 is 2.62 bits per heavy atom. The number of rotatable bonds is 6. The van der Waals surface area contributed by atoms with E-state index in [2.05, 4.69) is 10.1 Å². The number of likely N-dealkylation sites (tertiary alicyclic amines) is 1. The fourth-order valence-corrected chi connectivity index (χ4v) is 3.59. The number of pyridine rings is 1. The van der Waals surface area contributed by atoms with Crippen LogP contribution in [0.4, 0.5) is 13.2 Å². The molecule has 0 unspecified atom stereocenters. The molecule has 2 aromatic heterocycles. The lowest BCUT2D eigenvalue weighted by Gasteiger charge is -2.39. The zero-order chi connectivity index (χ0) is 24.5. The monoisotopic (exact) mass is 474 g/mol. The van der Waals surface area contributed by atoms with E-state index in [-0.39, 0.29) is 30.1 Å². The molecule has 3 aromatic rings. The largest absolute Gasteiger partial charge is 0.496 e. The van der Waals surface area contributed by atoms with Crippen molar-refractivity contribution in [3.8, 4) is 22.8 Å². The maximum absolute atomic E-state index is 12.8. The first-order valence-corrected chi connectivity index (χ1v) is 10.3. The maximum atomic E-state index is 12.8. The van der Waals surface area contributed by atoms with Crippen LogP contribution >= 0.6 is 0 Å². The van der Waals surface area contributed by atoms with Gasteiger partial charge in [0, 0.05) is 30.9 Å². The molecule has 1 aliphatic rings. The van der Waals surface area contributed by atoms with Crippen LogP contribution in [0.1, 0.15) is 22.1 Å². The van der Waals surface area contributed by atoms with Gasteiger partial charge in [0.2, 0.25) is 0 Å². The topological polar surface area (TPSA) is 86.6 Å². The Morgan fingerprint density at radius 2 is 1.91 bits per heavy atom. The Labute approximate surface area is 192 Å². The molecule has 1 saturated heterocycles. The summed E-state index contributed by atoms with van der Waals surface area (Å²) in [5.41, 5.74) is 1.71. The molecule has 1 aromatic carbocycles. The van der Waals surface area contributed by atoms with Gasteiger partial charge in [0.1, 0.15) is 5.75 Å². The summed E-state index contributed by atoms with van der Waals surface area (Å²) in [6.45, 7) is 0.697. The molecule has 0 bridgehead atoms. The quantitative estimate of drug-likeness (QED) is 0.545. The zero-order valence-corrected chi connectivity index (χ0v) is 18.4. The fourth-order valence-electron chi connectivity index (χ4n) is 3.59. The molecular weight excluding hydrogens is 453 g/mol. The van der Waals surface area contributed by atoms with Crippen molar-refractivity contribution in [3.05, 3.63) is 70.3 Å². The van der Waals surface area contributed by atoms with E-state index in [9.17, 15) is 22.8 Å². The minimum atomic E-state index is -4.55. The number of carbonyl (C=O) groups is 1. The average Bonchev–Trinajstić information content (AvgIpc) is 2.77. The van der Waals surface area contributed by atoms with E-state index in [1.165, 1.54) is 34.0 Å². The lowest BCUT2D eigenvalue weighted by atomic mass is 10.1. The molecule has 8 nitrogen and oxygen atoms in total. The number of hydrogen-bond donors (Lipinski definition) is 0. The van der Waals surface area contributed by atoms with Crippen molar-refractivity contribution in [2.45, 2.75) is 19.1 Å². The number of aryl methyl sites for hydroxylation is 1. The molecule has 1 fully saturated rings. The summed E-state index contributed by atoms with van der Waals surface area (Å²) in [5, 5.41) is 4.46. The highest BCUT2D eigenvalue weighted by Crippen LogP contribution is 2.30. The van der Waals surface area contributed by atoms with Gasteiger partial charge in [-0.1, -0.05) is 6.07 Å². The molecule has 0 saturated carbocycles. The maximum Gasteiger partial charge on any atom is 0.422 e. The molecule has 3 heterocycles. The number of methoxy groups -OCH3 is 1. The van der Waals surface area contributed by atoms with E-state index in [0.29, 0.717) is 17.0 Å². The van der Waals surface area contributed by atoms with Crippen LogP contribution < -0.4 is 15.0 Å². The Hall–Kier alpha value is -3.89. The van der Waals surface area contributed by atoms with Gasteiger partial charge in [0.05, 0.1) is 18.8 Å². The predicted octanol–water partition coefficient (Wildman–Crippen LogP) is 3.26. The summed E-state index contributed by atoms with van der Waals surface area (Å²) in [7, 11) is 1.55. The molecule has 1 amide bonds. The van der Waals surface area contributed by atoms with Crippen LogP contribution in [0.15, 0.2) is 53.5 Å². The number of halogens is 3. The number of aromatic nitrogens is 3. The molecule has 0 aliphatic carbocycles. The summed E-state index contributed by atoms with van der Waals surface area (Å²) >= 11 is 0. The van der Waals surface area contributed by atoms with E-state index < -0.39 is 24.7 Å². The van der Waals surface area contributed by atoms with Crippen LogP contribution in [-0.4, -0.2) is 58.6 Å². The van der Waals surface area contributed by atoms with Gasteiger partial charge in [0.15, 0.2) is 18.1 Å². The van der Waals surface area contributed by atoms with E-state index in [1.807, 2.05) is 25.1 Å². The van der Waals surface area contributed by atoms with Gasteiger partial charge in [-0.3, -0.25) is 9.59 Å². The summed E-state index contributed by atoms with van der Waals surface area (Å²) in [5.74, 6) is -0.222. The summed E-state index contributed by atoms with van der Waals surface area (Å²) in [4.78, 5) is 30.5. The van der Waals surface area contributed by atoms with Crippen LogP contribution in [0.5, 0.6) is 11.5 Å². The Morgan fingerprint density at radius 1 is 1.15 bits per heavy atom. The van der Waals surface area contributed by atoms with E-state index >= 15 is 0 Å². The molecule has 0 atom stereocenters. The first kappa shape index (κ1) is 23.3. The molecule has 178 valence electrons. The third-order valence-electron chi connectivity index (χ3n) is 5.32. The SMILES string of the molecule is COc1cc(C)ccc1-c1ccc(=O)n(C2CN(C(=O)c3ncccc3OCC(F)(F)F)C2)n1. The lowest BCUT2D eigenvalue weighted by Crippen LogP contribution is -2.53. The zero-order valence-electron chi connectivity index (χ0n) is 18.4. The van der Waals surface area contributed by atoms with Crippen LogP contribution in [0, 0.1) is 6.92 Å². The molecular formula is C23H21F3N4O4. The van der Waals surface area contributed by atoms with Crippen molar-refractivity contribution < 1.29 is 27.4 Å². The minimum absolute atomic E-state index is 0.148. The van der Waals surface area contributed by atoms with Crippen LogP contribution in [0.3, 0.4) is 0 Å². The second kappa shape index (κ2) is 9.16. The van der Waals surface area contributed by atoms with Crippen LogP contribution in [0.25, 0.3) is 11.3 Å². The highest BCUT2D eigenvalue weighted by molar-refractivity contribution is 5.95.